The lowest BCUT2D eigenvalue weighted by atomic mass is 9.96. The molecule has 0 bridgehead atoms. The minimum Gasteiger partial charge on any atom is -0.501 e. The van der Waals surface area contributed by atoms with E-state index < -0.39 is 23.3 Å². The molecule has 0 heterocycles. The average molecular weight is 304 g/mol. The number of rotatable bonds is 7. The lowest BCUT2D eigenvalue weighted by Crippen LogP contribution is -2.53. The van der Waals surface area contributed by atoms with Gasteiger partial charge in [0.2, 0.25) is 0 Å². The van der Waals surface area contributed by atoms with Crippen LogP contribution in [0.15, 0.2) is 23.5 Å². The molecule has 0 rings (SSSR count). The van der Waals surface area contributed by atoms with Crippen LogP contribution in [-0.4, -0.2) is 24.9 Å². The molecule has 0 aliphatic carbocycles. The molecule has 0 aliphatic heterocycles. The van der Waals surface area contributed by atoms with Gasteiger partial charge in [-0.25, -0.2) is 0 Å². The van der Waals surface area contributed by atoms with Gasteiger partial charge in [0.1, 0.15) is 0 Å². The van der Waals surface area contributed by atoms with Crippen molar-refractivity contribution >= 4 is 0 Å². The summed E-state index contributed by atoms with van der Waals surface area (Å²) in [7, 11) is 1.19. The lowest BCUT2D eigenvalue weighted by Gasteiger charge is -2.31. The number of hydrogen-bond acceptors (Lipinski definition) is 1. The zero-order chi connectivity index (χ0) is 16.2. The molecule has 0 aromatic rings. The van der Waals surface area contributed by atoms with Gasteiger partial charge >= 0.3 is 17.8 Å². The highest BCUT2D eigenvalue weighted by atomic mass is 19.3. The van der Waals surface area contributed by atoms with Gasteiger partial charge in [0.15, 0.2) is 0 Å². The monoisotopic (exact) mass is 304 g/mol. The van der Waals surface area contributed by atoms with E-state index in [2.05, 4.69) is 0 Å². The molecule has 0 aromatic carbocycles. The molecule has 0 atom stereocenters. The first-order valence-electron chi connectivity index (χ1n) is 6.00. The van der Waals surface area contributed by atoms with Gasteiger partial charge in [0.05, 0.1) is 12.9 Å². The first-order valence-corrected chi connectivity index (χ1v) is 6.00. The van der Waals surface area contributed by atoms with Gasteiger partial charge in [0, 0.05) is 18.9 Å². The Morgan fingerprint density at radius 3 is 1.90 bits per heavy atom. The molecule has 0 N–H and O–H groups in total. The summed E-state index contributed by atoms with van der Waals surface area (Å²) in [5.41, 5.74) is -1.20. The largest absolute Gasteiger partial charge is 0.501 e. The molecule has 20 heavy (non-hydrogen) atoms. The van der Waals surface area contributed by atoms with Crippen molar-refractivity contribution < 1.29 is 31.1 Å². The molecule has 118 valence electrons. The van der Waals surface area contributed by atoms with Gasteiger partial charge in [-0.1, -0.05) is 13.0 Å². The summed E-state index contributed by atoms with van der Waals surface area (Å²) in [6, 6.07) is 0. The van der Waals surface area contributed by atoms with Crippen molar-refractivity contribution in [2.75, 3.05) is 7.11 Å². The second kappa shape index (κ2) is 6.54. The molecule has 0 fully saturated rings. The van der Waals surface area contributed by atoms with E-state index in [1.165, 1.54) is 7.11 Å². The highest BCUT2D eigenvalue weighted by Crippen LogP contribution is 2.49. The minimum atomic E-state index is -5.50. The number of alkyl halides is 6. The molecule has 0 unspecified atom stereocenters. The average Bonchev–Trinajstić information content (AvgIpc) is 2.32. The van der Waals surface area contributed by atoms with Crippen LogP contribution in [0.25, 0.3) is 0 Å². The number of methoxy groups -OCH3 is 1. The molecule has 0 radical (unpaired) electrons. The van der Waals surface area contributed by atoms with E-state index in [9.17, 15) is 26.3 Å². The smallest absolute Gasteiger partial charge is 0.375 e. The van der Waals surface area contributed by atoms with Crippen LogP contribution in [0, 0.1) is 0 Å². The Kier molecular flexibility index (Phi) is 6.17. The Bertz CT molecular complexity index is 379. The molecule has 0 amide bonds. The third-order valence-electron chi connectivity index (χ3n) is 2.69. The van der Waals surface area contributed by atoms with Gasteiger partial charge in [-0.05, 0) is 19.4 Å². The minimum absolute atomic E-state index is 0.0236. The molecule has 0 spiro atoms. The van der Waals surface area contributed by atoms with E-state index in [4.69, 9.17) is 4.74 Å². The summed E-state index contributed by atoms with van der Waals surface area (Å²) in [6.07, 6.45) is 2.12. The van der Waals surface area contributed by atoms with Gasteiger partial charge < -0.3 is 4.74 Å². The van der Waals surface area contributed by atoms with Crippen LogP contribution in [-0.2, 0) is 4.74 Å². The van der Waals surface area contributed by atoms with Crippen LogP contribution < -0.4 is 0 Å². The first kappa shape index (κ1) is 18.9. The van der Waals surface area contributed by atoms with Gasteiger partial charge in [-0.3, -0.25) is 0 Å². The molecular weight excluding hydrogens is 286 g/mol. The van der Waals surface area contributed by atoms with E-state index in [1.807, 2.05) is 0 Å². The van der Waals surface area contributed by atoms with Gasteiger partial charge in [0.25, 0.3) is 0 Å². The van der Waals surface area contributed by atoms with E-state index in [0.29, 0.717) is 18.6 Å². The lowest BCUT2D eigenvalue weighted by molar-refractivity contribution is -0.287. The summed E-state index contributed by atoms with van der Waals surface area (Å²) in [4.78, 5) is 0. The predicted octanol–water partition coefficient (Wildman–Crippen LogP) is 5.19. The highest BCUT2D eigenvalue weighted by molar-refractivity contribution is 5.31. The van der Waals surface area contributed by atoms with Crippen LogP contribution >= 0.6 is 0 Å². The molecule has 0 saturated heterocycles. The third kappa shape index (κ3) is 3.70. The van der Waals surface area contributed by atoms with Gasteiger partial charge in [-0.15, -0.1) is 0 Å². The van der Waals surface area contributed by atoms with Crippen molar-refractivity contribution in [1.29, 1.82) is 0 Å². The fraction of sp³-hybridized carbons (Fsp3) is 0.692. The fourth-order valence-electron chi connectivity index (χ4n) is 1.47. The van der Waals surface area contributed by atoms with Crippen molar-refractivity contribution in [1.82, 2.24) is 0 Å². The Morgan fingerprint density at radius 1 is 1.10 bits per heavy atom. The second-order valence-electron chi connectivity index (χ2n) is 4.35. The Morgan fingerprint density at radius 2 is 1.60 bits per heavy atom. The van der Waals surface area contributed by atoms with Crippen LogP contribution in [0.3, 0.4) is 0 Å². The maximum absolute atomic E-state index is 13.7. The normalized spacial score (nSPS) is 15.5. The van der Waals surface area contributed by atoms with Crippen molar-refractivity contribution in [3.05, 3.63) is 23.5 Å². The zero-order valence-electron chi connectivity index (χ0n) is 11.7. The fourth-order valence-corrected chi connectivity index (χ4v) is 1.47. The molecule has 0 saturated carbocycles. The molecule has 1 nitrogen and oxygen atoms in total. The SMILES string of the molecule is C/C=C(\C=C(\CCC)OC)C(F)(F)C(F)(F)C(C)(F)F. The Balaban J connectivity index is 5.67. The molecule has 7 heteroatoms. The van der Waals surface area contributed by atoms with E-state index in [1.54, 1.807) is 6.92 Å². The number of hydrogen-bond donors (Lipinski definition) is 0. The molecular formula is C13H18F6O. The van der Waals surface area contributed by atoms with Crippen LogP contribution in [0.1, 0.15) is 33.6 Å². The molecule has 0 aliphatic rings. The van der Waals surface area contributed by atoms with Gasteiger partial charge in [-0.2, -0.15) is 26.3 Å². The summed E-state index contributed by atoms with van der Waals surface area (Å²) in [5, 5.41) is 0. The number of halogens is 6. The third-order valence-corrected chi connectivity index (χ3v) is 2.69. The van der Waals surface area contributed by atoms with Crippen LogP contribution in [0.2, 0.25) is 0 Å². The van der Waals surface area contributed by atoms with E-state index in [0.717, 1.165) is 6.92 Å². The van der Waals surface area contributed by atoms with Crippen molar-refractivity contribution in [2.24, 2.45) is 0 Å². The highest BCUT2D eigenvalue weighted by Gasteiger charge is 2.70. The van der Waals surface area contributed by atoms with E-state index >= 15 is 0 Å². The molecule has 0 aromatic heterocycles. The quantitative estimate of drug-likeness (QED) is 0.357. The second-order valence-corrected chi connectivity index (χ2v) is 4.35. The maximum atomic E-state index is 13.7. The van der Waals surface area contributed by atoms with Crippen molar-refractivity contribution in [3.63, 3.8) is 0 Å². The zero-order valence-corrected chi connectivity index (χ0v) is 11.7. The van der Waals surface area contributed by atoms with Crippen molar-refractivity contribution in [2.45, 2.75) is 51.4 Å². The Labute approximate surface area is 114 Å². The summed E-state index contributed by atoms with van der Waals surface area (Å²) in [5.74, 6) is -15.3. The first-order chi connectivity index (χ1) is 8.95. The topological polar surface area (TPSA) is 9.23 Å². The standard InChI is InChI=1S/C13H18F6O/c1-5-7-10(20-4)8-9(6-2)12(16,17)13(18,19)11(3,14)15/h6,8H,5,7H2,1-4H3/b9-6+,10-8-. The van der Waals surface area contributed by atoms with E-state index in [-0.39, 0.29) is 19.1 Å². The number of ether oxygens (including phenoxy) is 1. The Hall–Kier alpha value is -1.14. The van der Waals surface area contributed by atoms with Crippen LogP contribution in [0.5, 0.6) is 0 Å². The van der Waals surface area contributed by atoms with Crippen LogP contribution in [0.4, 0.5) is 26.3 Å². The number of allylic oxidation sites excluding steroid dienone is 4. The predicted molar refractivity (Wildman–Crippen MR) is 64.3 cm³/mol. The van der Waals surface area contributed by atoms with Crippen molar-refractivity contribution in [3.8, 4) is 0 Å². The summed E-state index contributed by atoms with van der Waals surface area (Å²) in [6.45, 7) is 2.57. The summed E-state index contributed by atoms with van der Waals surface area (Å²) >= 11 is 0. The summed E-state index contributed by atoms with van der Waals surface area (Å²) < 4.78 is 84.2. The maximum Gasteiger partial charge on any atom is 0.375 e.